The average Bonchev–Trinajstić information content (AvgIpc) is 3.04. The summed E-state index contributed by atoms with van der Waals surface area (Å²) in [7, 11) is -3.50. The Morgan fingerprint density at radius 2 is 1.83 bits per heavy atom. The molecule has 0 spiro atoms. The Morgan fingerprint density at radius 3 is 2.47 bits per heavy atom. The predicted molar refractivity (Wildman–Crippen MR) is 115 cm³/mol. The van der Waals surface area contributed by atoms with Crippen LogP contribution in [0.3, 0.4) is 0 Å². The molecule has 2 heterocycles. The maximum atomic E-state index is 12.7. The first-order chi connectivity index (χ1) is 14.1. The molecule has 2 aliphatic heterocycles. The van der Waals surface area contributed by atoms with Gasteiger partial charge in [0.25, 0.3) is 0 Å². The van der Waals surface area contributed by atoms with Crippen LogP contribution >= 0.6 is 0 Å². The number of rotatable bonds is 6. The molecule has 166 valence electrons. The van der Waals surface area contributed by atoms with E-state index in [1.54, 1.807) is 4.90 Å². The van der Waals surface area contributed by atoms with Crippen molar-refractivity contribution in [1.82, 2.24) is 9.62 Å². The van der Waals surface area contributed by atoms with Crippen molar-refractivity contribution in [2.45, 2.75) is 46.3 Å². The number of aryl methyl sites for hydroxylation is 2. The second-order valence-electron chi connectivity index (χ2n) is 8.28. The van der Waals surface area contributed by atoms with Crippen molar-refractivity contribution < 1.29 is 22.7 Å². The lowest BCUT2D eigenvalue weighted by molar-refractivity contribution is -0.132. The first kappa shape index (κ1) is 22.7. The number of carbonyl (C=O) groups is 2. The number of amides is 2. The van der Waals surface area contributed by atoms with E-state index in [0.717, 1.165) is 16.8 Å². The third kappa shape index (κ3) is 5.01. The van der Waals surface area contributed by atoms with Gasteiger partial charge in [-0.25, -0.2) is 8.42 Å². The summed E-state index contributed by atoms with van der Waals surface area (Å²) < 4.78 is 32.2. The Labute approximate surface area is 178 Å². The maximum Gasteiger partial charge on any atom is 0.239 e. The SMILES string of the molecule is Cc1ccc(N2CC[C@H](C(=O)NCCS(=O)(=O)N3C[C@H](C)O[C@@H](C)C3)C2=O)cc1C. The lowest BCUT2D eigenvalue weighted by atomic mass is 10.1. The van der Waals surface area contributed by atoms with Crippen LogP contribution in [0, 0.1) is 19.8 Å². The number of carbonyl (C=O) groups excluding carboxylic acids is 2. The van der Waals surface area contributed by atoms with Crippen LogP contribution in [-0.2, 0) is 24.3 Å². The van der Waals surface area contributed by atoms with Crippen LogP contribution < -0.4 is 10.2 Å². The molecular formula is C21H31N3O5S. The van der Waals surface area contributed by atoms with Crippen LogP contribution in [0.5, 0.6) is 0 Å². The first-order valence-corrected chi connectivity index (χ1v) is 12.0. The molecule has 3 atom stereocenters. The zero-order chi connectivity index (χ0) is 22.1. The summed E-state index contributed by atoms with van der Waals surface area (Å²) in [5.74, 6) is -1.63. The molecule has 0 aromatic heterocycles. The van der Waals surface area contributed by atoms with E-state index in [9.17, 15) is 18.0 Å². The summed E-state index contributed by atoms with van der Waals surface area (Å²) in [4.78, 5) is 26.9. The minimum atomic E-state index is -3.50. The van der Waals surface area contributed by atoms with Crippen molar-refractivity contribution in [1.29, 1.82) is 0 Å². The fourth-order valence-electron chi connectivity index (χ4n) is 3.99. The average molecular weight is 438 g/mol. The van der Waals surface area contributed by atoms with Crippen LogP contribution in [0.4, 0.5) is 5.69 Å². The number of anilines is 1. The van der Waals surface area contributed by atoms with Crippen LogP contribution in [-0.4, -0.2) is 68.7 Å². The lowest BCUT2D eigenvalue weighted by Gasteiger charge is -2.34. The van der Waals surface area contributed by atoms with E-state index in [2.05, 4.69) is 5.32 Å². The van der Waals surface area contributed by atoms with Gasteiger partial charge >= 0.3 is 0 Å². The Hall–Kier alpha value is -1.97. The van der Waals surface area contributed by atoms with Crippen molar-refractivity contribution >= 4 is 27.5 Å². The molecule has 0 aliphatic carbocycles. The summed E-state index contributed by atoms with van der Waals surface area (Å²) in [5.41, 5.74) is 3.02. The molecule has 2 amide bonds. The maximum absolute atomic E-state index is 12.7. The number of benzene rings is 1. The van der Waals surface area contributed by atoms with E-state index in [-0.39, 0.29) is 30.4 Å². The summed E-state index contributed by atoms with van der Waals surface area (Å²) in [6.45, 7) is 8.75. The van der Waals surface area contributed by atoms with Crippen molar-refractivity contribution in [2.75, 3.05) is 36.8 Å². The number of morpholine rings is 1. The van der Waals surface area contributed by atoms with Crippen LogP contribution in [0.2, 0.25) is 0 Å². The molecule has 2 aliphatic rings. The van der Waals surface area contributed by atoms with Crippen LogP contribution in [0.25, 0.3) is 0 Å². The molecule has 30 heavy (non-hydrogen) atoms. The molecule has 9 heteroatoms. The fraction of sp³-hybridized carbons (Fsp3) is 0.619. The van der Waals surface area contributed by atoms with Gasteiger partial charge in [0.15, 0.2) is 0 Å². The van der Waals surface area contributed by atoms with Gasteiger partial charge in [0.05, 0.1) is 18.0 Å². The smallest absolute Gasteiger partial charge is 0.239 e. The van der Waals surface area contributed by atoms with Crippen LogP contribution in [0.15, 0.2) is 18.2 Å². The third-order valence-corrected chi connectivity index (χ3v) is 7.57. The summed E-state index contributed by atoms with van der Waals surface area (Å²) in [5, 5.41) is 2.64. The molecule has 0 unspecified atom stereocenters. The number of nitrogens with zero attached hydrogens (tertiary/aromatic N) is 2. The van der Waals surface area contributed by atoms with Crippen molar-refractivity contribution in [3.05, 3.63) is 29.3 Å². The number of sulfonamides is 1. The molecule has 0 radical (unpaired) electrons. The monoisotopic (exact) mass is 437 g/mol. The molecule has 2 fully saturated rings. The zero-order valence-electron chi connectivity index (χ0n) is 18.1. The van der Waals surface area contributed by atoms with Crippen LogP contribution in [0.1, 0.15) is 31.4 Å². The molecule has 1 aromatic carbocycles. The van der Waals surface area contributed by atoms with Gasteiger partial charge in [0, 0.05) is 31.9 Å². The van der Waals surface area contributed by atoms with Gasteiger partial charge in [-0.3, -0.25) is 9.59 Å². The third-order valence-electron chi connectivity index (χ3n) is 5.76. The van der Waals surface area contributed by atoms with E-state index < -0.39 is 21.8 Å². The summed E-state index contributed by atoms with van der Waals surface area (Å²) in [6, 6.07) is 5.80. The minimum Gasteiger partial charge on any atom is -0.373 e. The Balaban J connectivity index is 1.54. The highest BCUT2D eigenvalue weighted by atomic mass is 32.2. The number of hydrogen-bond donors (Lipinski definition) is 1. The first-order valence-electron chi connectivity index (χ1n) is 10.4. The second kappa shape index (κ2) is 9.03. The fourth-order valence-corrected chi connectivity index (χ4v) is 5.48. The van der Waals surface area contributed by atoms with Gasteiger partial charge < -0.3 is 15.0 Å². The predicted octanol–water partition coefficient (Wildman–Crippen LogP) is 1.21. The van der Waals surface area contributed by atoms with E-state index in [1.165, 1.54) is 4.31 Å². The molecule has 8 nitrogen and oxygen atoms in total. The molecule has 1 N–H and O–H groups in total. The van der Waals surface area contributed by atoms with Gasteiger partial charge in [-0.1, -0.05) is 6.07 Å². The molecule has 0 saturated carbocycles. The van der Waals surface area contributed by atoms with Gasteiger partial charge in [0.2, 0.25) is 21.8 Å². The summed E-state index contributed by atoms with van der Waals surface area (Å²) in [6.07, 6.45) is 0.0966. The van der Waals surface area contributed by atoms with E-state index >= 15 is 0 Å². The minimum absolute atomic E-state index is 0.0191. The quantitative estimate of drug-likeness (QED) is 0.675. The van der Waals surface area contributed by atoms with Crippen molar-refractivity contribution in [3.8, 4) is 0 Å². The highest BCUT2D eigenvalue weighted by Gasteiger charge is 2.38. The standard InChI is InChI=1S/C21H31N3O5S/c1-14-5-6-18(11-15(14)2)24-9-7-19(21(24)26)20(25)22-8-10-30(27,28)23-12-16(3)29-17(4)13-23/h5-6,11,16-17,19H,7-10,12-13H2,1-4H3,(H,22,25)/t16-,17-,19+/m0/s1. The van der Waals surface area contributed by atoms with Gasteiger partial charge in [-0.05, 0) is 57.4 Å². The molecule has 0 bridgehead atoms. The topological polar surface area (TPSA) is 96.0 Å². The number of nitrogens with one attached hydrogen (secondary N) is 1. The van der Waals surface area contributed by atoms with Gasteiger partial charge in [0.1, 0.15) is 5.92 Å². The molecule has 1 aromatic rings. The number of hydrogen-bond acceptors (Lipinski definition) is 5. The molecular weight excluding hydrogens is 406 g/mol. The number of ether oxygens (including phenoxy) is 1. The van der Waals surface area contributed by atoms with Crippen molar-refractivity contribution in [3.63, 3.8) is 0 Å². The van der Waals surface area contributed by atoms with E-state index in [1.807, 2.05) is 45.9 Å². The highest BCUT2D eigenvalue weighted by Crippen LogP contribution is 2.27. The zero-order valence-corrected chi connectivity index (χ0v) is 18.9. The largest absolute Gasteiger partial charge is 0.373 e. The summed E-state index contributed by atoms with van der Waals surface area (Å²) >= 11 is 0. The highest BCUT2D eigenvalue weighted by molar-refractivity contribution is 7.89. The Bertz CT molecular complexity index is 907. The Morgan fingerprint density at radius 1 is 1.17 bits per heavy atom. The molecule has 2 saturated heterocycles. The van der Waals surface area contributed by atoms with Gasteiger partial charge in [-0.2, -0.15) is 4.31 Å². The molecule has 3 rings (SSSR count). The van der Waals surface area contributed by atoms with Gasteiger partial charge in [-0.15, -0.1) is 0 Å². The lowest BCUT2D eigenvalue weighted by Crippen LogP contribution is -2.50. The van der Waals surface area contributed by atoms with E-state index in [4.69, 9.17) is 4.74 Å². The second-order valence-corrected chi connectivity index (χ2v) is 10.4. The normalized spacial score (nSPS) is 25.5. The van der Waals surface area contributed by atoms with Crippen molar-refractivity contribution in [2.24, 2.45) is 5.92 Å². The van der Waals surface area contributed by atoms with E-state index in [0.29, 0.717) is 26.1 Å². The Kier molecular flexibility index (Phi) is 6.84.